The number of para-hydroxylation sites is 1. The quantitative estimate of drug-likeness (QED) is 0.787. The zero-order valence-corrected chi connectivity index (χ0v) is 10.6. The SMILES string of the molecule is Nc1ccccc1C(=O)NC1CC(=O)N(C2CC2)C1. The molecular weight excluding hydrogens is 242 g/mol. The van der Waals surface area contributed by atoms with Gasteiger partial charge in [0.15, 0.2) is 0 Å². The number of rotatable bonds is 3. The van der Waals surface area contributed by atoms with Crippen LogP contribution in [0.25, 0.3) is 0 Å². The highest BCUT2D eigenvalue weighted by atomic mass is 16.2. The minimum Gasteiger partial charge on any atom is -0.398 e. The number of benzene rings is 1. The van der Waals surface area contributed by atoms with Crippen LogP contribution in [-0.2, 0) is 4.79 Å². The highest BCUT2D eigenvalue weighted by Gasteiger charge is 2.39. The second kappa shape index (κ2) is 4.57. The van der Waals surface area contributed by atoms with Crippen LogP contribution >= 0.6 is 0 Å². The summed E-state index contributed by atoms with van der Waals surface area (Å²) in [5.74, 6) is -0.0534. The topological polar surface area (TPSA) is 75.4 Å². The summed E-state index contributed by atoms with van der Waals surface area (Å²) in [7, 11) is 0. The lowest BCUT2D eigenvalue weighted by molar-refractivity contribution is -0.128. The number of amides is 2. The van der Waals surface area contributed by atoms with Gasteiger partial charge in [-0.1, -0.05) is 12.1 Å². The summed E-state index contributed by atoms with van der Waals surface area (Å²) >= 11 is 0. The number of nitrogens with zero attached hydrogens (tertiary/aromatic N) is 1. The van der Waals surface area contributed by atoms with E-state index in [0.717, 1.165) is 12.8 Å². The Labute approximate surface area is 111 Å². The highest BCUT2D eigenvalue weighted by Crippen LogP contribution is 2.30. The Hall–Kier alpha value is -2.04. The number of nitrogens with one attached hydrogen (secondary N) is 1. The van der Waals surface area contributed by atoms with Crippen LogP contribution in [-0.4, -0.2) is 35.3 Å². The molecule has 100 valence electrons. The van der Waals surface area contributed by atoms with Crippen molar-refractivity contribution in [3.05, 3.63) is 29.8 Å². The molecule has 1 saturated heterocycles. The van der Waals surface area contributed by atoms with E-state index < -0.39 is 0 Å². The molecule has 1 aliphatic carbocycles. The first-order chi connectivity index (χ1) is 9.15. The number of carbonyl (C=O) groups excluding carboxylic acids is 2. The van der Waals surface area contributed by atoms with Crippen molar-refractivity contribution < 1.29 is 9.59 Å². The lowest BCUT2D eigenvalue weighted by Gasteiger charge is -2.16. The Morgan fingerprint density at radius 1 is 1.32 bits per heavy atom. The van der Waals surface area contributed by atoms with Crippen molar-refractivity contribution in [2.75, 3.05) is 12.3 Å². The third-order valence-corrected chi connectivity index (χ3v) is 3.69. The van der Waals surface area contributed by atoms with Gasteiger partial charge in [-0.05, 0) is 25.0 Å². The normalized spacial score (nSPS) is 22.6. The number of carbonyl (C=O) groups is 2. The van der Waals surface area contributed by atoms with Gasteiger partial charge >= 0.3 is 0 Å². The monoisotopic (exact) mass is 259 g/mol. The van der Waals surface area contributed by atoms with Gasteiger partial charge in [0.05, 0.1) is 11.6 Å². The summed E-state index contributed by atoms with van der Waals surface area (Å²) in [6.07, 6.45) is 2.59. The second-order valence-corrected chi connectivity index (χ2v) is 5.24. The molecule has 1 saturated carbocycles. The summed E-state index contributed by atoms with van der Waals surface area (Å²) in [6.45, 7) is 0.627. The van der Waals surface area contributed by atoms with Crippen molar-refractivity contribution in [3.8, 4) is 0 Å². The average molecular weight is 259 g/mol. The third kappa shape index (κ3) is 2.41. The predicted molar refractivity (Wildman–Crippen MR) is 71.5 cm³/mol. The average Bonchev–Trinajstić information content (AvgIpc) is 3.15. The molecule has 2 amide bonds. The molecule has 3 rings (SSSR count). The predicted octanol–water partition coefficient (Wildman–Crippen LogP) is 0.762. The van der Waals surface area contributed by atoms with Crippen molar-refractivity contribution in [2.45, 2.75) is 31.3 Å². The zero-order valence-electron chi connectivity index (χ0n) is 10.6. The fourth-order valence-electron chi connectivity index (χ4n) is 2.53. The Bertz CT molecular complexity index is 525. The fourth-order valence-corrected chi connectivity index (χ4v) is 2.53. The molecule has 3 N–H and O–H groups in total. The molecule has 19 heavy (non-hydrogen) atoms. The maximum absolute atomic E-state index is 12.1. The van der Waals surface area contributed by atoms with Gasteiger partial charge in [0.25, 0.3) is 5.91 Å². The van der Waals surface area contributed by atoms with E-state index in [9.17, 15) is 9.59 Å². The summed E-state index contributed by atoms with van der Waals surface area (Å²) < 4.78 is 0. The molecule has 1 heterocycles. The second-order valence-electron chi connectivity index (χ2n) is 5.24. The summed E-state index contributed by atoms with van der Waals surface area (Å²) in [6, 6.07) is 7.28. The minimum atomic E-state index is -0.200. The van der Waals surface area contributed by atoms with E-state index in [0.29, 0.717) is 30.3 Å². The molecule has 5 nitrogen and oxygen atoms in total. The molecule has 2 aliphatic rings. The summed E-state index contributed by atoms with van der Waals surface area (Å²) in [4.78, 5) is 25.8. The number of nitrogen functional groups attached to an aromatic ring is 1. The zero-order chi connectivity index (χ0) is 13.4. The molecule has 1 aromatic rings. The standard InChI is InChI=1S/C14H17N3O2/c15-12-4-2-1-3-11(12)14(19)16-9-7-13(18)17(8-9)10-5-6-10/h1-4,9-10H,5-8,15H2,(H,16,19). The third-order valence-electron chi connectivity index (χ3n) is 3.69. The molecule has 2 fully saturated rings. The molecule has 0 radical (unpaired) electrons. The highest BCUT2D eigenvalue weighted by molar-refractivity contribution is 5.99. The number of likely N-dealkylation sites (tertiary alicyclic amines) is 1. The molecule has 1 atom stereocenters. The summed E-state index contributed by atoms with van der Waals surface area (Å²) in [5, 5.41) is 2.90. The largest absolute Gasteiger partial charge is 0.398 e. The van der Waals surface area contributed by atoms with Crippen LogP contribution in [0.15, 0.2) is 24.3 Å². The van der Waals surface area contributed by atoms with Gasteiger partial charge in [0.2, 0.25) is 5.91 Å². The first kappa shape index (κ1) is 12.0. The van der Waals surface area contributed by atoms with Crippen LogP contribution < -0.4 is 11.1 Å². The molecule has 1 unspecified atom stereocenters. The fraction of sp³-hybridized carbons (Fsp3) is 0.429. The Morgan fingerprint density at radius 2 is 2.05 bits per heavy atom. The van der Waals surface area contributed by atoms with E-state index in [4.69, 9.17) is 5.73 Å². The van der Waals surface area contributed by atoms with Crippen LogP contribution in [0.4, 0.5) is 5.69 Å². The van der Waals surface area contributed by atoms with Gasteiger partial charge in [0, 0.05) is 24.7 Å². The summed E-state index contributed by atoms with van der Waals surface area (Å²) in [5.41, 5.74) is 6.70. The number of hydrogen-bond donors (Lipinski definition) is 2. The number of hydrogen-bond acceptors (Lipinski definition) is 3. The smallest absolute Gasteiger partial charge is 0.253 e. The Balaban J connectivity index is 1.64. The molecule has 1 aromatic carbocycles. The maximum Gasteiger partial charge on any atom is 0.253 e. The van der Waals surface area contributed by atoms with Crippen molar-refractivity contribution >= 4 is 17.5 Å². The van der Waals surface area contributed by atoms with Gasteiger partial charge < -0.3 is 16.0 Å². The van der Waals surface area contributed by atoms with E-state index in [1.807, 2.05) is 4.90 Å². The first-order valence-corrected chi connectivity index (χ1v) is 6.60. The van der Waals surface area contributed by atoms with Crippen LogP contribution in [0.1, 0.15) is 29.6 Å². The van der Waals surface area contributed by atoms with Crippen molar-refractivity contribution in [2.24, 2.45) is 0 Å². The van der Waals surface area contributed by atoms with Crippen LogP contribution in [0.5, 0.6) is 0 Å². The minimum absolute atomic E-state index is 0.0970. The van der Waals surface area contributed by atoms with Crippen molar-refractivity contribution in [1.82, 2.24) is 10.2 Å². The Morgan fingerprint density at radius 3 is 2.74 bits per heavy atom. The van der Waals surface area contributed by atoms with E-state index in [1.165, 1.54) is 0 Å². The molecule has 1 aliphatic heterocycles. The molecule has 5 heteroatoms. The Kier molecular flexibility index (Phi) is 2.89. The van der Waals surface area contributed by atoms with E-state index in [-0.39, 0.29) is 17.9 Å². The molecule has 0 bridgehead atoms. The molecule has 0 spiro atoms. The van der Waals surface area contributed by atoms with Gasteiger partial charge in [-0.15, -0.1) is 0 Å². The van der Waals surface area contributed by atoms with Crippen LogP contribution in [0.2, 0.25) is 0 Å². The molecular formula is C14H17N3O2. The van der Waals surface area contributed by atoms with E-state index >= 15 is 0 Å². The first-order valence-electron chi connectivity index (χ1n) is 6.60. The molecule has 0 aromatic heterocycles. The van der Waals surface area contributed by atoms with Crippen molar-refractivity contribution in [3.63, 3.8) is 0 Å². The number of anilines is 1. The van der Waals surface area contributed by atoms with E-state index in [1.54, 1.807) is 24.3 Å². The van der Waals surface area contributed by atoms with E-state index in [2.05, 4.69) is 5.32 Å². The van der Waals surface area contributed by atoms with Crippen molar-refractivity contribution in [1.29, 1.82) is 0 Å². The van der Waals surface area contributed by atoms with Gasteiger partial charge in [0.1, 0.15) is 0 Å². The number of nitrogens with two attached hydrogens (primary N) is 1. The van der Waals surface area contributed by atoms with Crippen LogP contribution in [0.3, 0.4) is 0 Å². The van der Waals surface area contributed by atoms with Gasteiger partial charge in [-0.25, -0.2) is 0 Å². The van der Waals surface area contributed by atoms with Gasteiger partial charge in [-0.3, -0.25) is 9.59 Å². The lowest BCUT2D eigenvalue weighted by Crippen LogP contribution is -2.37. The van der Waals surface area contributed by atoms with Gasteiger partial charge in [-0.2, -0.15) is 0 Å². The lowest BCUT2D eigenvalue weighted by atomic mass is 10.1. The maximum atomic E-state index is 12.1. The van der Waals surface area contributed by atoms with Crippen LogP contribution in [0, 0.1) is 0 Å².